The fourth-order valence-corrected chi connectivity index (χ4v) is 3.30. The van der Waals surface area contributed by atoms with Crippen LogP contribution in [-0.2, 0) is 9.59 Å². The van der Waals surface area contributed by atoms with Gasteiger partial charge in [-0.1, -0.05) is 26.7 Å². The van der Waals surface area contributed by atoms with Crippen LogP contribution in [0.1, 0.15) is 39.5 Å². The van der Waals surface area contributed by atoms with Crippen LogP contribution in [0, 0.1) is 17.8 Å². The number of carbonyl (C=O) groups excluding carboxylic acids is 2. The number of halogens is 1. The Kier molecular flexibility index (Phi) is 6.94. The first-order valence-electron chi connectivity index (χ1n) is 7.80. The van der Waals surface area contributed by atoms with Crippen molar-refractivity contribution in [1.29, 1.82) is 0 Å². The zero-order valence-corrected chi connectivity index (χ0v) is 13.8. The maximum Gasteiger partial charge on any atom is 0.241 e. The van der Waals surface area contributed by atoms with Gasteiger partial charge in [0.05, 0.1) is 12.6 Å². The van der Waals surface area contributed by atoms with Crippen molar-refractivity contribution in [3.63, 3.8) is 0 Å². The molecule has 1 heterocycles. The summed E-state index contributed by atoms with van der Waals surface area (Å²) in [5.74, 6) is 1.25. The molecule has 3 N–H and O–H groups in total. The summed E-state index contributed by atoms with van der Waals surface area (Å²) in [7, 11) is 0. The average Bonchev–Trinajstić information content (AvgIpc) is 2.87. The molecule has 2 fully saturated rings. The van der Waals surface area contributed by atoms with Crippen molar-refractivity contribution in [3.8, 4) is 0 Å². The molecule has 0 aromatic rings. The number of hydrogen-bond acceptors (Lipinski definition) is 3. The molecular weight excluding hydrogens is 290 g/mol. The maximum absolute atomic E-state index is 12.2. The molecule has 6 heteroatoms. The normalized spacial score (nSPS) is 26.0. The van der Waals surface area contributed by atoms with Gasteiger partial charge in [0.1, 0.15) is 0 Å². The van der Waals surface area contributed by atoms with E-state index in [9.17, 15) is 9.59 Å². The fraction of sp³-hybridized carbons (Fsp3) is 0.867. The SMILES string of the molecule is CC(C)[C@H](N)C(=O)NCC(=O)N1CC2CCCCC2C1.Cl. The zero-order valence-electron chi connectivity index (χ0n) is 13.0. The topological polar surface area (TPSA) is 75.4 Å². The van der Waals surface area contributed by atoms with E-state index in [1.54, 1.807) is 0 Å². The summed E-state index contributed by atoms with van der Waals surface area (Å²) in [4.78, 5) is 25.8. The van der Waals surface area contributed by atoms with E-state index in [2.05, 4.69) is 5.32 Å². The Labute approximate surface area is 133 Å². The lowest BCUT2D eigenvalue weighted by Gasteiger charge is -2.22. The molecule has 21 heavy (non-hydrogen) atoms. The second-order valence-corrected chi connectivity index (χ2v) is 6.59. The highest BCUT2D eigenvalue weighted by molar-refractivity contribution is 5.87. The van der Waals surface area contributed by atoms with Crippen LogP contribution < -0.4 is 11.1 Å². The fourth-order valence-electron chi connectivity index (χ4n) is 3.30. The van der Waals surface area contributed by atoms with E-state index < -0.39 is 6.04 Å². The summed E-state index contributed by atoms with van der Waals surface area (Å²) in [6.45, 7) is 5.62. The van der Waals surface area contributed by atoms with Crippen molar-refractivity contribution >= 4 is 24.2 Å². The smallest absolute Gasteiger partial charge is 0.241 e. The largest absolute Gasteiger partial charge is 0.346 e. The number of rotatable bonds is 4. The van der Waals surface area contributed by atoms with E-state index >= 15 is 0 Å². The standard InChI is InChI=1S/C15H27N3O2.ClH/c1-10(2)14(16)15(20)17-7-13(19)18-8-11-5-3-4-6-12(11)9-18;/h10-12,14H,3-9,16H2,1-2H3,(H,17,20);1H/t11?,12?,14-;/m0./s1. The molecule has 2 amide bonds. The molecule has 2 aliphatic rings. The van der Waals surface area contributed by atoms with Gasteiger partial charge in [-0.15, -0.1) is 12.4 Å². The molecule has 3 atom stereocenters. The molecule has 1 saturated heterocycles. The van der Waals surface area contributed by atoms with Crippen LogP contribution in [0.15, 0.2) is 0 Å². The number of carbonyl (C=O) groups is 2. The number of nitrogens with two attached hydrogens (primary N) is 1. The molecule has 1 aliphatic carbocycles. The predicted octanol–water partition coefficient (Wildman–Crippen LogP) is 1.16. The summed E-state index contributed by atoms with van der Waals surface area (Å²) in [5, 5.41) is 2.67. The molecular formula is C15H28ClN3O2. The van der Waals surface area contributed by atoms with E-state index in [0.717, 1.165) is 13.1 Å². The van der Waals surface area contributed by atoms with E-state index in [0.29, 0.717) is 11.8 Å². The predicted molar refractivity (Wildman–Crippen MR) is 85.1 cm³/mol. The number of hydrogen-bond donors (Lipinski definition) is 2. The monoisotopic (exact) mass is 317 g/mol. The van der Waals surface area contributed by atoms with Crippen molar-refractivity contribution in [1.82, 2.24) is 10.2 Å². The van der Waals surface area contributed by atoms with Crippen molar-refractivity contribution < 1.29 is 9.59 Å². The molecule has 0 radical (unpaired) electrons. The molecule has 122 valence electrons. The van der Waals surface area contributed by atoms with Gasteiger partial charge < -0.3 is 16.0 Å². The van der Waals surface area contributed by atoms with Gasteiger partial charge in [0, 0.05) is 13.1 Å². The Morgan fingerprint density at radius 2 is 1.71 bits per heavy atom. The van der Waals surface area contributed by atoms with E-state index in [1.807, 2.05) is 18.7 Å². The van der Waals surface area contributed by atoms with Crippen LogP contribution in [-0.4, -0.2) is 42.4 Å². The second kappa shape index (κ2) is 7.99. The molecule has 0 aromatic heterocycles. The number of nitrogens with one attached hydrogen (secondary N) is 1. The van der Waals surface area contributed by atoms with Crippen molar-refractivity contribution in [2.24, 2.45) is 23.5 Å². The summed E-state index contributed by atoms with van der Waals surface area (Å²) in [6.07, 6.45) is 5.09. The number of amides is 2. The Hall–Kier alpha value is -0.810. The molecule has 2 rings (SSSR count). The van der Waals surface area contributed by atoms with Crippen LogP contribution in [0.2, 0.25) is 0 Å². The first-order valence-corrected chi connectivity index (χ1v) is 7.80. The van der Waals surface area contributed by atoms with E-state index in [-0.39, 0.29) is 36.7 Å². The van der Waals surface area contributed by atoms with Gasteiger partial charge in [-0.25, -0.2) is 0 Å². The summed E-state index contributed by atoms with van der Waals surface area (Å²) < 4.78 is 0. The lowest BCUT2D eigenvalue weighted by molar-refractivity contribution is -0.132. The van der Waals surface area contributed by atoms with Gasteiger partial charge in [-0.05, 0) is 30.6 Å². The van der Waals surface area contributed by atoms with Crippen LogP contribution in [0.5, 0.6) is 0 Å². The number of likely N-dealkylation sites (tertiary alicyclic amines) is 1. The summed E-state index contributed by atoms with van der Waals surface area (Å²) in [5.41, 5.74) is 5.76. The number of fused-ring (bicyclic) bond motifs is 1. The Morgan fingerprint density at radius 1 is 1.19 bits per heavy atom. The van der Waals surface area contributed by atoms with Crippen LogP contribution in [0.25, 0.3) is 0 Å². The molecule has 2 unspecified atom stereocenters. The minimum atomic E-state index is -0.538. The van der Waals surface area contributed by atoms with Crippen molar-refractivity contribution in [2.75, 3.05) is 19.6 Å². The molecule has 0 bridgehead atoms. The van der Waals surface area contributed by atoms with Crippen molar-refractivity contribution in [2.45, 2.75) is 45.6 Å². The van der Waals surface area contributed by atoms with Crippen LogP contribution >= 0.6 is 12.4 Å². The molecule has 0 spiro atoms. The summed E-state index contributed by atoms with van der Waals surface area (Å²) >= 11 is 0. The highest BCUT2D eigenvalue weighted by Gasteiger charge is 2.36. The van der Waals surface area contributed by atoms with Gasteiger partial charge in [0.2, 0.25) is 11.8 Å². The third-order valence-corrected chi connectivity index (χ3v) is 4.76. The number of nitrogens with zero attached hydrogens (tertiary/aromatic N) is 1. The lowest BCUT2D eigenvalue weighted by atomic mass is 9.82. The highest BCUT2D eigenvalue weighted by atomic mass is 35.5. The average molecular weight is 318 g/mol. The van der Waals surface area contributed by atoms with E-state index in [1.165, 1.54) is 25.7 Å². The van der Waals surface area contributed by atoms with Gasteiger partial charge in [-0.2, -0.15) is 0 Å². The minimum absolute atomic E-state index is 0. The first-order chi connectivity index (χ1) is 9.49. The Balaban J connectivity index is 0.00000220. The zero-order chi connectivity index (χ0) is 14.7. The van der Waals surface area contributed by atoms with Gasteiger partial charge in [-0.3, -0.25) is 9.59 Å². The van der Waals surface area contributed by atoms with Gasteiger partial charge >= 0.3 is 0 Å². The van der Waals surface area contributed by atoms with Gasteiger partial charge in [0.15, 0.2) is 0 Å². The van der Waals surface area contributed by atoms with Crippen LogP contribution in [0.4, 0.5) is 0 Å². The van der Waals surface area contributed by atoms with Gasteiger partial charge in [0.25, 0.3) is 0 Å². The van der Waals surface area contributed by atoms with Crippen molar-refractivity contribution in [3.05, 3.63) is 0 Å². The lowest BCUT2D eigenvalue weighted by Crippen LogP contribution is -2.47. The third kappa shape index (κ3) is 4.58. The first kappa shape index (κ1) is 18.2. The minimum Gasteiger partial charge on any atom is -0.346 e. The maximum atomic E-state index is 12.2. The Morgan fingerprint density at radius 3 is 2.19 bits per heavy atom. The second-order valence-electron chi connectivity index (χ2n) is 6.59. The molecule has 1 aliphatic heterocycles. The van der Waals surface area contributed by atoms with E-state index in [4.69, 9.17) is 5.73 Å². The molecule has 0 aromatic carbocycles. The molecule has 5 nitrogen and oxygen atoms in total. The third-order valence-electron chi connectivity index (χ3n) is 4.76. The quantitative estimate of drug-likeness (QED) is 0.817. The Bertz CT molecular complexity index is 362. The van der Waals surface area contributed by atoms with Crippen LogP contribution in [0.3, 0.4) is 0 Å². The molecule has 1 saturated carbocycles. The highest BCUT2D eigenvalue weighted by Crippen LogP contribution is 2.35. The summed E-state index contributed by atoms with van der Waals surface area (Å²) in [6, 6.07) is -0.538.